The fourth-order valence-corrected chi connectivity index (χ4v) is 2.05. The fraction of sp³-hybridized carbons (Fsp3) is 0.667. The number of hydrogen-bond donors (Lipinski definition) is 2. The van der Waals surface area contributed by atoms with Crippen LogP contribution in [-0.2, 0) is 11.2 Å². The largest absolute Gasteiger partial charge is 0.375 e. The standard InChI is InChI=1S/C12H21N5O/c1-3-9-8-17(5-6-18-9)12-7-11(16-13)14-10(4-2)15-12/h7,9H,3-6,8,13H2,1-2H3,(H,14,15,16). The Morgan fingerprint density at radius 1 is 1.50 bits per heavy atom. The summed E-state index contributed by atoms with van der Waals surface area (Å²) >= 11 is 0. The molecule has 1 unspecified atom stereocenters. The van der Waals surface area contributed by atoms with Gasteiger partial charge in [0.25, 0.3) is 0 Å². The van der Waals surface area contributed by atoms with Gasteiger partial charge >= 0.3 is 0 Å². The summed E-state index contributed by atoms with van der Waals surface area (Å²) in [5, 5.41) is 0. The Kier molecular flexibility index (Phi) is 4.33. The lowest BCUT2D eigenvalue weighted by atomic mass is 10.2. The molecule has 0 aromatic carbocycles. The molecular weight excluding hydrogens is 230 g/mol. The normalized spacial score (nSPS) is 19.9. The number of aromatic nitrogens is 2. The second-order valence-corrected chi connectivity index (χ2v) is 4.37. The first-order chi connectivity index (χ1) is 8.76. The lowest BCUT2D eigenvalue weighted by Crippen LogP contribution is -2.42. The maximum absolute atomic E-state index is 5.67. The van der Waals surface area contributed by atoms with Crippen molar-refractivity contribution < 1.29 is 4.74 Å². The van der Waals surface area contributed by atoms with Gasteiger partial charge in [0.05, 0.1) is 12.7 Å². The number of hydrazine groups is 1. The Morgan fingerprint density at radius 3 is 3.00 bits per heavy atom. The molecule has 0 radical (unpaired) electrons. The van der Waals surface area contributed by atoms with E-state index in [9.17, 15) is 0 Å². The zero-order chi connectivity index (χ0) is 13.0. The van der Waals surface area contributed by atoms with Gasteiger partial charge in [0, 0.05) is 25.6 Å². The van der Waals surface area contributed by atoms with Crippen molar-refractivity contribution in [3.8, 4) is 0 Å². The molecule has 6 heteroatoms. The van der Waals surface area contributed by atoms with Crippen LogP contribution in [0.25, 0.3) is 0 Å². The van der Waals surface area contributed by atoms with E-state index in [-0.39, 0.29) is 6.10 Å². The maximum atomic E-state index is 5.67. The maximum Gasteiger partial charge on any atom is 0.145 e. The minimum Gasteiger partial charge on any atom is -0.375 e. The number of nitrogens with two attached hydrogens (primary N) is 1. The number of anilines is 2. The summed E-state index contributed by atoms with van der Waals surface area (Å²) in [7, 11) is 0. The van der Waals surface area contributed by atoms with E-state index in [1.165, 1.54) is 0 Å². The summed E-state index contributed by atoms with van der Waals surface area (Å²) in [5.41, 5.74) is 2.60. The summed E-state index contributed by atoms with van der Waals surface area (Å²) in [4.78, 5) is 11.1. The van der Waals surface area contributed by atoms with Gasteiger partial charge in [0.15, 0.2) is 0 Å². The highest BCUT2D eigenvalue weighted by Gasteiger charge is 2.20. The van der Waals surface area contributed by atoms with Crippen LogP contribution in [0.1, 0.15) is 26.1 Å². The first-order valence-corrected chi connectivity index (χ1v) is 6.48. The van der Waals surface area contributed by atoms with Crippen LogP contribution in [0.2, 0.25) is 0 Å². The molecule has 6 nitrogen and oxygen atoms in total. The molecular formula is C12H21N5O. The van der Waals surface area contributed by atoms with Crippen molar-refractivity contribution in [2.75, 3.05) is 30.0 Å². The van der Waals surface area contributed by atoms with Gasteiger partial charge in [0.2, 0.25) is 0 Å². The Bertz CT molecular complexity index is 376. The summed E-state index contributed by atoms with van der Waals surface area (Å²) in [6, 6.07) is 1.89. The second kappa shape index (κ2) is 5.97. The number of aryl methyl sites for hydroxylation is 1. The van der Waals surface area contributed by atoms with Crippen LogP contribution in [0.3, 0.4) is 0 Å². The molecule has 100 valence electrons. The third-order valence-electron chi connectivity index (χ3n) is 3.14. The molecule has 0 saturated carbocycles. The average Bonchev–Trinajstić information content (AvgIpc) is 2.46. The highest BCUT2D eigenvalue weighted by molar-refractivity contribution is 5.49. The van der Waals surface area contributed by atoms with Crippen molar-refractivity contribution >= 4 is 11.6 Å². The Hall–Kier alpha value is -1.40. The lowest BCUT2D eigenvalue weighted by Gasteiger charge is -2.33. The number of nitrogen functional groups attached to an aromatic ring is 1. The highest BCUT2D eigenvalue weighted by atomic mass is 16.5. The van der Waals surface area contributed by atoms with E-state index in [1.54, 1.807) is 0 Å². The van der Waals surface area contributed by atoms with Crippen molar-refractivity contribution in [2.24, 2.45) is 5.84 Å². The summed E-state index contributed by atoms with van der Waals surface area (Å²) in [6.07, 6.45) is 2.10. The topological polar surface area (TPSA) is 76.3 Å². The molecule has 0 bridgehead atoms. The van der Waals surface area contributed by atoms with E-state index in [4.69, 9.17) is 10.6 Å². The molecule has 2 rings (SSSR count). The van der Waals surface area contributed by atoms with E-state index in [0.29, 0.717) is 5.82 Å². The van der Waals surface area contributed by atoms with Gasteiger partial charge in [-0.15, -0.1) is 0 Å². The molecule has 0 aliphatic carbocycles. The van der Waals surface area contributed by atoms with Gasteiger partial charge in [-0.2, -0.15) is 0 Å². The minimum absolute atomic E-state index is 0.285. The Labute approximate surface area is 108 Å². The first kappa shape index (κ1) is 13.0. The van der Waals surface area contributed by atoms with Gasteiger partial charge < -0.3 is 15.1 Å². The number of nitrogens with zero attached hydrogens (tertiary/aromatic N) is 3. The van der Waals surface area contributed by atoms with E-state index >= 15 is 0 Å². The Balaban J connectivity index is 2.20. The van der Waals surface area contributed by atoms with Crippen LogP contribution in [-0.4, -0.2) is 35.8 Å². The van der Waals surface area contributed by atoms with Crippen molar-refractivity contribution in [2.45, 2.75) is 32.8 Å². The SMILES string of the molecule is CCc1nc(NN)cc(N2CCOC(CC)C2)n1. The van der Waals surface area contributed by atoms with Crippen LogP contribution in [0, 0.1) is 0 Å². The van der Waals surface area contributed by atoms with E-state index < -0.39 is 0 Å². The van der Waals surface area contributed by atoms with Gasteiger partial charge in [-0.1, -0.05) is 13.8 Å². The predicted molar refractivity (Wildman–Crippen MR) is 71.5 cm³/mol. The van der Waals surface area contributed by atoms with Gasteiger partial charge in [-0.3, -0.25) is 0 Å². The molecule has 1 aromatic heterocycles. The molecule has 1 aliphatic rings. The number of rotatable bonds is 4. The molecule has 0 amide bonds. The van der Waals surface area contributed by atoms with E-state index in [0.717, 1.165) is 44.2 Å². The Morgan fingerprint density at radius 2 is 2.33 bits per heavy atom. The van der Waals surface area contributed by atoms with Crippen LogP contribution in [0.15, 0.2) is 6.07 Å². The third kappa shape index (κ3) is 2.88. The van der Waals surface area contributed by atoms with Crippen LogP contribution < -0.4 is 16.2 Å². The smallest absolute Gasteiger partial charge is 0.145 e. The van der Waals surface area contributed by atoms with Crippen molar-refractivity contribution in [3.63, 3.8) is 0 Å². The summed E-state index contributed by atoms with van der Waals surface area (Å²) < 4.78 is 5.67. The minimum atomic E-state index is 0.285. The second-order valence-electron chi connectivity index (χ2n) is 4.37. The zero-order valence-electron chi connectivity index (χ0n) is 11.0. The molecule has 18 heavy (non-hydrogen) atoms. The number of nitrogens with one attached hydrogen (secondary N) is 1. The third-order valence-corrected chi connectivity index (χ3v) is 3.14. The van der Waals surface area contributed by atoms with Gasteiger partial charge in [-0.25, -0.2) is 15.8 Å². The van der Waals surface area contributed by atoms with Gasteiger partial charge in [-0.05, 0) is 6.42 Å². The predicted octanol–water partition coefficient (Wildman–Crippen LogP) is 0.940. The van der Waals surface area contributed by atoms with Crippen LogP contribution in [0.4, 0.5) is 11.6 Å². The van der Waals surface area contributed by atoms with E-state index in [2.05, 4.69) is 27.2 Å². The number of ether oxygens (including phenoxy) is 1. The summed E-state index contributed by atoms with van der Waals surface area (Å²) in [6.45, 7) is 6.66. The lowest BCUT2D eigenvalue weighted by molar-refractivity contribution is 0.0381. The average molecular weight is 251 g/mol. The molecule has 2 heterocycles. The molecule has 1 saturated heterocycles. The highest BCUT2D eigenvalue weighted by Crippen LogP contribution is 2.19. The number of hydrogen-bond acceptors (Lipinski definition) is 6. The van der Waals surface area contributed by atoms with Crippen molar-refractivity contribution in [1.29, 1.82) is 0 Å². The first-order valence-electron chi connectivity index (χ1n) is 6.48. The molecule has 0 spiro atoms. The molecule has 1 aromatic rings. The van der Waals surface area contributed by atoms with Crippen molar-refractivity contribution in [3.05, 3.63) is 11.9 Å². The van der Waals surface area contributed by atoms with Crippen molar-refractivity contribution in [1.82, 2.24) is 9.97 Å². The van der Waals surface area contributed by atoms with Crippen LogP contribution in [0.5, 0.6) is 0 Å². The number of morpholine rings is 1. The quantitative estimate of drug-likeness (QED) is 0.612. The molecule has 1 fully saturated rings. The summed E-state index contributed by atoms with van der Waals surface area (Å²) in [5.74, 6) is 7.84. The molecule has 1 atom stereocenters. The molecule has 1 aliphatic heterocycles. The zero-order valence-corrected chi connectivity index (χ0v) is 11.0. The van der Waals surface area contributed by atoms with Crippen LogP contribution >= 0.6 is 0 Å². The monoisotopic (exact) mass is 251 g/mol. The van der Waals surface area contributed by atoms with Gasteiger partial charge in [0.1, 0.15) is 17.5 Å². The molecule has 3 N–H and O–H groups in total. The fourth-order valence-electron chi connectivity index (χ4n) is 2.05. The van der Waals surface area contributed by atoms with E-state index in [1.807, 2.05) is 13.0 Å².